The van der Waals surface area contributed by atoms with Gasteiger partial charge in [0.05, 0.1) is 8.07 Å². The fourth-order valence-electron chi connectivity index (χ4n) is 0.957. The Kier molecular flexibility index (Phi) is 2.87. The van der Waals surface area contributed by atoms with E-state index in [0.29, 0.717) is 0 Å². The maximum atomic E-state index is 5.69. The summed E-state index contributed by atoms with van der Waals surface area (Å²) < 4.78 is 0. The summed E-state index contributed by atoms with van der Waals surface area (Å²) in [6.07, 6.45) is 0.894. The lowest BCUT2D eigenvalue weighted by Gasteiger charge is -2.18. The Bertz CT molecular complexity index is 206. The smallest absolute Gasteiger partial charge is 0.0674 e. The van der Waals surface area contributed by atoms with Crippen LogP contribution in [0.15, 0.2) is 17.5 Å². The molecule has 2 N–H and O–H groups in total. The molecule has 0 aromatic carbocycles. The van der Waals surface area contributed by atoms with Crippen molar-refractivity contribution in [2.75, 3.05) is 6.17 Å². The summed E-state index contributed by atoms with van der Waals surface area (Å²) in [5.41, 5.74) is 5.69. The van der Waals surface area contributed by atoms with E-state index >= 15 is 0 Å². The number of hydrogen-bond donors (Lipinski definition) is 1. The first-order chi connectivity index (χ1) is 5.14. The zero-order valence-corrected chi connectivity index (χ0v) is 8.95. The van der Waals surface area contributed by atoms with Crippen LogP contribution in [0.2, 0.25) is 13.1 Å². The predicted molar refractivity (Wildman–Crippen MR) is 54.6 cm³/mol. The van der Waals surface area contributed by atoms with Crippen molar-refractivity contribution < 1.29 is 0 Å². The Morgan fingerprint density at radius 3 is 2.73 bits per heavy atom. The van der Waals surface area contributed by atoms with Crippen LogP contribution in [0.4, 0.5) is 0 Å². The summed E-state index contributed by atoms with van der Waals surface area (Å²) in [4.78, 5) is 1.49. The average Bonchev–Trinajstić information content (AvgIpc) is 2.39. The van der Waals surface area contributed by atoms with Crippen LogP contribution in [0, 0.1) is 0 Å². The van der Waals surface area contributed by atoms with Gasteiger partial charge in [0.2, 0.25) is 0 Å². The van der Waals surface area contributed by atoms with E-state index in [0.717, 1.165) is 6.17 Å². The van der Waals surface area contributed by atoms with E-state index in [-0.39, 0.29) is 0 Å². The second kappa shape index (κ2) is 3.52. The van der Waals surface area contributed by atoms with Crippen molar-refractivity contribution in [3.8, 4) is 0 Å². The molecule has 0 atom stereocenters. The predicted octanol–water partition coefficient (Wildman–Crippen LogP) is 2.04. The van der Waals surface area contributed by atoms with E-state index in [1.165, 1.54) is 10.9 Å². The van der Waals surface area contributed by atoms with E-state index in [1.807, 2.05) is 11.3 Å². The molecule has 1 aromatic heterocycles. The van der Waals surface area contributed by atoms with Crippen molar-refractivity contribution in [2.45, 2.75) is 19.1 Å². The molecule has 3 heteroatoms. The highest BCUT2D eigenvalue weighted by atomic mass is 32.1. The van der Waals surface area contributed by atoms with Gasteiger partial charge >= 0.3 is 0 Å². The molecule has 1 rings (SSSR count). The van der Waals surface area contributed by atoms with Crippen LogP contribution in [-0.4, -0.2) is 14.2 Å². The fourth-order valence-corrected chi connectivity index (χ4v) is 4.16. The monoisotopic (exact) mass is 185 g/mol. The van der Waals surface area contributed by atoms with E-state index in [4.69, 9.17) is 5.73 Å². The zero-order chi connectivity index (χ0) is 8.32. The summed E-state index contributed by atoms with van der Waals surface area (Å²) >= 11 is 1.84. The lowest BCUT2D eigenvalue weighted by molar-refractivity contribution is 1.22. The lowest BCUT2D eigenvalue weighted by Crippen LogP contribution is -2.38. The van der Waals surface area contributed by atoms with Crippen LogP contribution < -0.4 is 5.73 Å². The third-order valence-corrected chi connectivity index (χ3v) is 5.36. The molecule has 1 aromatic rings. The molecule has 0 fully saturated rings. The normalized spacial score (nSPS) is 11.9. The Hall–Kier alpha value is -0.123. The van der Waals surface area contributed by atoms with Crippen molar-refractivity contribution in [3.05, 3.63) is 22.4 Å². The van der Waals surface area contributed by atoms with Gasteiger partial charge < -0.3 is 5.73 Å². The van der Waals surface area contributed by atoms with Gasteiger partial charge in [-0.1, -0.05) is 19.2 Å². The fraction of sp³-hybridized carbons (Fsp3) is 0.500. The van der Waals surface area contributed by atoms with Crippen LogP contribution in [0.5, 0.6) is 0 Å². The van der Waals surface area contributed by atoms with Gasteiger partial charge in [0.1, 0.15) is 0 Å². The molecule has 0 amide bonds. The minimum absolute atomic E-state index is 0.894. The van der Waals surface area contributed by atoms with E-state index in [9.17, 15) is 0 Å². The molecule has 0 saturated heterocycles. The molecule has 0 aliphatic rings. The second-order valence-corrected chi connectivity index (χ2v) is 9.75. The Morgan fingerprint density at radius 1 is 1.55 bits per heavy atom. The van der Waals surface area contributed by atoms with E-state index in [2.05, 4.69) is 30.6 Å². The first-order valence-corrected chi connectivity index (χ1v) is 8.16. The van der Waals surface area contributed by atoms with Gasteiger partial charge in [-0.25, -0.2) is 0 Å². The third kappa shape index (κ3) is 2.77. The highest BCUT2D eigenvalue weighted by Gasteiger charge is 2.18. The maximum Gasteiger partial charge on any atom is 0.0674 e. The van der Waals surface area contributed by atoms with Crippen LogP contribution in [0.3, 0.4) is 0 Å². The van der Waals surface area contributed by atoms with Crippen molar-refractivity contribution in [1.82, 2.24) is 0 Å². The topological polar surface area (TPSA) is 26.0 Å². The Morgan fingerprint density at radius 2 is 2.27 bits per heavy atom. The molecule has 11 heavy (non-hydrogen) atoms. The van der Waals surface area contributed by atoms with Crippen LogP contribution in [0.25, 0.3) is 0 Å². The summed E-state index contributed by atoms with van der Waals surface area (Å²) in [5.74, 6) is 0. The molecule has 0 saturated carbocycles. The number of hydrogen-bond acceptors (Lipinski definition) is 2. The number of rotatable bonds is 3. The van der Waals surface area contributed by atoms with Gasteiger partial charge in [-0.05, 0) is 23.7 Å². The van der Waals surface area contributed by atoms with Crippen molar-refractivity contribution in [1.29, 1.82) is 0 Å². The highest BCUT2D eigenvalue weighted by Crippen LogP contribution is 2.15. The van der Waals surface area contributed by atoms with Gasteiger partial charge in [-0.2, -0.15) is 0 Å². The van der Waals surface area contributed by atoms with Gasteiger partial charge in [-0.3, -0.25) is 0 Å². The molecule has 0 bridgehead atoms. The van der Waals surface area contributed by atoms with E-state index < -0.39 is 8.07 Å². The second-order valence-electron chi connectivity index (χ2n) is 3.62. The highest BCUT2D eigenvalue weighted by molar-refractivity contribution is 7.10. The molecule has 1 heterocycles. The van der Waals surface area contributed by atoms with Crippen LogP contribution in [-0.2, 0) is 6.04 Å². The summed E-state index contributed by atoms with van der Waals surface area (Å²) in [6.45, 7) is 4.68. The average molecular weight is 185 g/mol. The molecule has 1 nitrogen and oxygen atoms in total. The van der Waals surface area contributed by atoms with Gasteiger partial charge in [0, 0.05) is 4.88 Å². The minimum atomic E-state index is -1.09. The molecular weight excluding hydrogens is 170 g/mol. The van der Waals surface area contributed by atoms with Gasteiger partial charge in [-0.15, -0.1) is 11.3 Å². The summed E-state index contributed by atoms with van der Waals surface area (Å²) in [5, 5.41) is 2.14. The van der Waals surface area contributed by atoms with Gasteiger partial charge in [0.15, 0.2) is 0 Å². The molecule has 0 unspecified atom stereocenters. The molecular formula is C8H15NSSi. The number of nitrogens with two attached hydrogens (primary N) is 1. The summed E-state index contributed by atoms with van der Waals surface area (Å²) in [6, 6.07) is 5.55. The quantitative estimate of drug-likeness (QED) is 0.717. The molecule has 0 radical (unpaired) electrons. The molecule has 0 aliphatic carbocycles. The van der Waals surface area contributed by atoms with Crippen molar-refractivity contribution >= 4 is 19.4 Å². The molecule has 62 valence electrons. The standard InChI is InChI=1S/C8H15NSSi/c1-11(2,7-9)6-8-4-3-5-10-8/h3-5H,6-7,9H2,1-2H3. The summed E-state index contributed by atoms with van der Waals surface area (Å²) in [7, 11) is -1.09. The Labute approximate surface area is 73.3 Å². The van der Waals surface area contributed by atoms with E-state index in [1.54, 1.807) is 0 Å². The van der Waals surface area contributed by atoms with Crippen LogP contribution >= 0.6 is 11.3 Å². The van der Waals surface area contributed by atoms with Crippen molar-refractivity contribution in [2.24, 2.45) is 5.73 Å². The van der Waals surface area contributed by atoms with Gasteiger partial charge in [0.25, 0.3) is 0 Å². The van der Waals surface area contributed by atoms with Crippen LogP contribution in [0.1, 0.15) is 4.88 Å². The SMILES string of the molecule is C[Si](C)(CN)Cc1cccs1. The van der Waals surface area contributed by atoms with Crippen molar-refractivity contribution in [3.63, 3.8) is 0 Å². The molecule has 0 aliphatic heterocycles. The zero-order valence-electron chi connectivity index (χ0n) is 7.13. The molecule has 0 spiro atoms. The lowest BCUT2D eigenvalue weighted by atomic mass is 10.5. The largest absolute Gasteiger partial charge is 0.333 e. The first-order valence-electron chi connectivity index (χ1n) is 3.86. The Balaban J connectivity index is 2.56. The first kappa shape index (κ1) is 8.97. The minimum Gasteiger partial charge on any atom is -0.333 e. The third-order valence-electron chi connectivity index (χ3n) is 1.79. The maximum absolute atomic E-state index is 5.69. The number of thiophene rings is 1.